The minimum Gasteiger partial charge on any atom is -0.309 e. The maximum absolute atomic E-state index is 2.35. The molecule has 0 aliphatic rings. The van der Waals surface area contributed by atoms with Gasteiger partial charge in [-0.15, -0.1) is 0 Å². The van der Waals surface area contributed by atoms with Crippen molar-refractivity contribution in [1.82, 2.24) is 4.57 Å². The van der Waals surface area contributed by atoms with Gasteiger partial charge < -0.3 is 4.57 Å². The lowest BCUT2D eigenvalue weighted by molar-refractivity contribution is 1.18. The topological polar surface area (TPSA) is 4.93 Å². The molecule has 212 valence electrons. The zero-order valence-electron chi connectivity index (χ0n) is 24.8. The van der Waals surface area contributed by atoms with E-state index in [-0.39, 0.29) is 0 Å². The molecule has 8 aromatic rings. The van der Waals surface area contributed by atoms with Gasteiger partial charge in [-0.2, -0.15) is 0 Å². The van der Waals surface area contributed by atoms with Crippen LogP contribution in [0.1, 0.15) is 11.1 Å². The molecule has 8 rings (SSSR count). The quantitative estimate of drug-likeness (QED) is 0.174. The number of nitrogens with zero attached hydrogens (tertiary/aromatic N) is 1. The van der Waals surface area contributed by atoms with Gasteiger partial charge in [0, 0.05) is 16.5 Å². The Morgan fingerprint density at radius 2 is 0.689 bits per heavy atom. The number of hydrogen-bond donors (Lipinski definition) is 0. The van der Waals surface area contributed by atoms with E-state index in [9.17, 15) is 0 Å². The lowest BCUT2D eigenvalue weighted by Crippen LogP contribution is -1.93. The summed E-state index contributed by atoms with van der Waals surface area (Å²) < 4.78 is 2.35. The first-order valence-electron chi connectivity index (χ1n) is 15.4. The second-order valence-electron chi connectivity index (χ2n) is 11.4. The standard InChI is InChI=1S/C44H31N/c1-3-11-34(12-4-1)37-29-38(35-13-5-2-6-14-35)31-39(30-37)36-25-21-32(22-26-36)19-20-33-23-27-40(28-24-33)45-43-17-9-7-15-41(43)42-16-8-10-18-44(42)45/h1-31H/b20-19+. The van der Waals surface area contributed by atoms with Gasteiger partial charge in [0.1, 0.15) is 0 Å². The van der Waals surface area contributed by atoms with Gasteiger partial charge in [-0.3, -0.25) is 0 Å². The Morgan fingerprint density at radius 3 is 1.16 bits per heavy atom. The molecule has 0 spiro atoms. The van der Waals surface area contributed by atoms with Gasteiger partial charge in [0.15, 0.2) is 0 Å². The average molecular weight is 574 g/mol. The van der Waals surface area contributed by atoms with E-state index in [0.29, 0.717) is 0 Å². The van der Waals surface area contributed by atoms with Crippen molar-refractivity contribution in [3.63, 3.8) is 0 Å². The molecule has 0 radical (unpaired) electrons. The molecule has 0 atom stereocenters. The fourth-order valence-corrected chi connectivity index (χ4v) is 6.30. The molecule has 0 fully saturated rings. The van der Waals surface area contributed by atoms with Crippen LogP contribution in [-0.2, 0) is 0 Å². The first-order chi connectivity index (χ1) is 22.3. The van der Waals surface area contributed by atoms with Crippen molar-refractivity contribution in [2.24, 2.45) is 0 Å². The van der Waals surface area contributed by atoms with Gasteiger partial charge in [-0.1, -0.05) is 146 Å². The SMILES string of the molecule is C(=C\c1ccc(-n2c3ccccc3c3ccccc32)cc1)/c1ccc(-c2cc(-c3ccccc3)cc(-c3ccccc3)c2)cc1. The summed E-state index contributed by atoms with van der Waals surface area (Å²) in [7, 11) is 0. The molecule has 1 heteroatoms. The molecule has 0 bridgehead atoms. The molecule has 7 aromatic carbocycles. The van der Waals surface area contributed by atoms with Gasteiger partial charge in [-0.25, -0.2) is 0 Å². The maximum atomic E-state index is 2.35. The summed E-state index contributed by atoms with van der Waals surface area (Å²) in [6.07, 6.45) is 4.38. The van der Waals surface area contributed by atoms with Crippen LogP contribution in [0.3, 0.4) is 0 Å². The number of rotatable bonds is 6. The second-order valence-corrected chi connectivity index (χ2v) is 11.4. The van der Waals surface area contributed by atoms with E-state index in [0.717, 1.165) is 0 Å². The van der Waals surface area contributed by atoms with E-state index in [1.807, 2.05) is 0 Å². The van der Waals surface area contributed by atoms with Crippen molar-refractivity contribution in [2.45, 2.75) is 0 Å². The van der Waals surface area contributed by atoms with Crippen LogP contribution in [0, 0.1) is 0 Å². The Morgan fingerprint density at radius 1 is 0.311 bits per heavy atom. The number of aromatic nitrogens is 1. The van der Waals surface area contributed by atoms with Crippen molar-refractivity contribution in [3.8, 4) is 39.1 Å². The highest BCUT2D eigenvalue weighted by Crippen LogP contribution is 2.34. The zero-order chi connectivity index (χ0) is 30.0. The number of benzene rings is 7. The molecule has 1 nitrogen and oxygen atoms in total. The Bertz CT molecular complexity index is 2160. The summed E-state index contributed by atoms with van der Waals surface area (Å²) in [5, 5.41) is 2.56. The van der Waals surface area contributed by atoms with Gasteiger partial charge in [0.2, 0.25) is 0 Å². The summed E-state index contributed by atoms with van der Waals surface area (Å²) >= 11 is 0. The third-order valence-electron chi connectivity index (χ3n) is 8.59. The molecule has 0 aliphatic carbocycles. The molecule has 0 saturated carbocycles. The molecule has 0 aliphatic heterocycles. The Kier molecular flexibility index (Phi) is 6.90. The fourth-order valence-electron chi connectivity index (χ4n) is 6.30. The first-order valence-corrected chi connectivity index (χ1v) is 15.4. The van der Waals surface area contributed by atoms with Crippen LogP contribution in [0.25, 0.3) is 73.0 Å². The monoisotopic (exact) mass is 573 g/mol. The third kappa shape index (κ3) is 5.26. The van der Waals surface area contributed by atoms with E-state index in [2.05, 4.69) is 193 Å². The maximum Gasteiger partial charge on any atom is 0.0541 e. The summed E-state index contributed by atoms with van der Waals surface area (Å²) in [5.74, 6) is 0. The lowest BCUT2D eigenvalue weighted by Gasteiger charge is -2.11. The average Bonchev–Trinajstić information content (AvgIpc) is 3.46. The molecule has 0 N–H and O–H groups in total. The van der Waals surface area contributed by atoms with E-state index >= 15 is 0 Å². The minimum atomic E-state index is 1.17. The number of hydrogen-bond acceptors (Lipinski definition) is 0. The predicted molar refractivity (Wildman–Crippen MR) is 192 cm³/mol. The Labute approximate surface area is 264 Å². The van der Waals surface area contributed by atoms with Gasteiger partial charge in [-0.05, 0) is 87.0 Å². The van der Waals surface area contributed by atoms with Gasteiger partial charge in [0.25, 0.3) is 0 Å². The Hall–Kier alpha value is -5.92. The van der Waals surface area contributed by atoms with Crippen molar-refractivity contribution >= 4 is 34.0 Å². The van der Waals surface area contributed by atoms with Crippen LogP contribution in [-0.4, -0.2) is 4.57 Å². The fraction of sp³-hybridized carbons (Fsp3) is 0. The van der Waals surface area contributed by atoms with Crippen LogP contribution in [0.5, 0.6) is 0 Å². The van der Waals surface area contributed by atoms with Crippen molar-refractivity contribution in [1.29, 1.82) is 0 Å². The van der Waals surface area contributed by atoms with Crippen molar-refractivity contribution in [3.05, 3.63) is 187 Å². The largest absolute Gasteiger partial charge is 0.309 e. The van der Waals surface area contributed by atoms with E-state index in [1.165, 1.54) is 72.0 Å². The first kappa shape index (κ1) is 26.7. The van der Waals surface area contributed by atoms with E-state index < -0.39 is 0 Å². The third-order valence-corrected chi connectivity index (χ3v) is 8.59. The van der Waals surface area contributed by atoms with Gasteiger partial charge in [0.05, 0.1) is 11.0 Å². The van der Waals surface area contributed by atoms with Crippen LogP contribution >= 0.6 is 0 Å². The van der Waals surface area contributed by atoms with Gasteiger partial charge >= 0.3 is 0 Å². The highest BCUT2D eigenvalue weighted by atomic mass is 15.0. The number of para-hydroxylation sites is 2. The highest BCUT2D eigenvalue weighted by Gasteiger charge is 2.11. The summed E-state index contributed by atoms with van der Waals surface area (Å²) in [6.45, 7) is 0. The van der Waals surface area contributed by atoms with Crippen molar-refractivity contribution < 1.29 is 0 Å². The zero-order valence-corrected chi connectivity index (χ0v) is 24.8. The van der Waals surface area contributed by atoms with Crippen LogP contribution in [0.15, 0.2) is 176 Å². The highest BCUT2D eigenvalue weighted by molar-refractivity contribution is 6.09. The van der Waals surface area contributed by atoms with Crippen molar-refractivity contribution in [2.75, 3.05) is 0 Å². The van der Waals surface area contributed by atoms with Crippen LogP contribution < -0.4 is 0 Å². The smallest absolute Gasteiger partial charge is 0.0541 e. The predicted octanol–water partition coefficient (Wildman–Crippen LogP) is 12.0. The molecule has 45 heavy (non-hydrogen) atoms. The van der Waals surface area contributed by atoms with Crippen LogP contribution in [0.4, 0.5) is 0 Å². The molecule has 0 unspecified atom stereocenters. The summed E-state index contributed by atoms with van der Waals surface area (Å²) in [4.78, 5) is 0. The molecule has 0 saturated heterocycles. The molecule has 1 heterocycles. The normalized spacial score (nSPS) is 11.5. The second kappa shape index (κ2) is 11.6. The van der Waals surface area contributed by atoms with Crippen LogP contribution in [0.2, 0.25) is 0 Å². The molecular formula is C44H31N. The molecule has 1 aromatic heterocycles. The minimum absolute atomic E-state index is 1.17. The molecule has 0 amide bonds. The van der Waals surface area contributed by atoms with E-state index in [1.54, 1.807) is 0 Å². The Balaban J connectivity index is 1.07. The summed E-state index contributed by atoms with van der Waals surface area (Å²) in [6, 6.07) is 63.1. The molecular weight excluding hydrogens is 542 g/mol. The number of fused-ring (bicyclic) bond motifs is 3. The summed E-state index contributed by atoms with van der Waals surface area (Å²) in [5.41, 5.74) is 13.3. The van der Waals surface area contributed by atoms with E-state index in [4.69, 9.17) is 0 Å². The lowest BCUT2D eigenvalue weighted by atomic mass is 9.93.